The number of alkyl halides is 3. The zero-order valence-electron chi connectivity index (χ0n) is 16.9. The summed E-state index contributed by atoms with van der Waals surface area (Å²) in [6.45, 7) is 2.23. The number of amides is 1. The molecule has 0 radical (unpaired) electrons. The first-order valence-electron chi connectivity index (χ1n) is 9.78. The van der Waals surface area contributed by atoms with Crippen molar-refractivity contribution in [3.05, 3.63) is 53.6 Å². The second-order valence-electron chi connectivity index (χ2n) is 7.30. The molecule has 0 saturated carbocycles. The molecule has 168 valence electrons. The maximum atomic E-state index is 12.9. The predicted octanol–water partition coefficient (Wildman–Crippen LogP) is 4.21. The number of sulfonamides is 1. The van der Waals surface area contributed by atoms with Gasteiger partial charge in [-0.1, -0.05) is 12.5 Å². The smallest absolute Gasteiger partial charge is 0.416 e. The molecule has 0 aromatic heterocycles. The number of carbonyl (C=O) groups is 1. The number of benzene rings is 2. The third kappa shape index (κ3) is 5.76. The van der Waals surface area contributed by atoms with Crippen LogP contribution in [0.1, 0.15) is 30.4 Å². The molecule has 1 aliphatic rings. The van der Waals surface area contributed by atoms with Gasteiger partial charge in [0.2, 0.25) is 10.0 Å². The molecule has 0 aliphatic carbocycles. The van der Waals surface area contributed by atoms with Crippen molar-refractivity contribution in [1.29, 1.82) is 0 Å². The molecule has 1 fully saturated rings. The van der Waals surface area contributed by atoms with Gasteiger partial charge in [0.1, 0.15) is 5.75 Å². The molecule has 31 heavy (non-hydrogen) atoms. The Labute approximate surface area is 179 Å². The van der Waals surface area contributed by atoms with Gasteiger partial charge in [-0.25, -0.2) is 8.42 Å². The van der Waals surface area contributed by atoms with Gasteiger partial charge in [0.25, 0.3) is 5.91 Å². The van der Waals surface area contributed by atoms with E-state index in [1.165, 1.54) is 16.4 Å². The average Bonchev–Trinajstić information content (AvgIpc) is 2.74. The SMILES string of the molecule is Cc1ccc(S(=O)(=O)N2CCCCC2)cc1NC(=O)COc1ccc(C(F)(F)F)cc1. The van der Waals surface area contributed by atoms with E-state index >= 15 is 0 Å². The molecular formula is C21H23F3N2O4S. The van der Waals surface area contributed by atoms with Gasteiger partial charge in [-0.3, -0.25) is 4.79 Å². The van der Waals surface area contributed by atoms with Crippen LogP contribution in [0.2, 0.25) is 0 Å². The molecule has 0 atom stereocenters. The first kappa shape index (κ1) is 23.1. The first-order valence-corrected chi connectivity index (χ1v) is 11.2. The van der Waals surface area contributed by atoms with Crippen LogP contribution in [-0.4, -0.2) is 38.3 Å². The molecule has 1 saturated heterocycles. The van der Waals surface area contributed by atoms with Crippen LogP contribution in [0.15, 0.2) is 47.4 Å². The van der Waals surface area contributed by atoms with Crippen LogP contribution < -0.4 is 10.1 Å². The predicted molar refractivity (Wildman–Crippen MR) is 109 cm³/mol. The fraction of sp³-hybridized carbons (Fsp3) is 0.381. The van der Waals surface area contributed by atoms with Crippen LogP contribution in [0.3, 0.4) is 0 Å². The molecular weight excluding hydrogens is 433 g/mol. The second kappa shape index (κ2) is 9.27. The normalized spacial score (nSPS) is 15.5. The first-order chi connectivity index (χ1) is 14.6. The summed E-state index contributed by atoms with van der Waals surface area (Å²) in [7, 11) is -3.65. The number of nitrogens with one attached hydrogen (secondary N) is 1. The number of ether oxygens (including phenoxy) is 1. The van der Waals surface area contributed by atoms with Crippen molar-refractivity contribution < 1.29 is 31.1 Å². The number of hydrogen-bond donors (Lipinski definition) is 1. The van der Waals surface area contributed by atoms with Crippen molar-refractivity contribution in [2.75, 3.05) is 25.0 Å². The summed E-state index contributed by atoms with van der Waals surface area (Å²) in [6.07, 6.45) is -1.82. The van der Waals surface area contributed by atoms with Crippen LogP contribution in [0.4, 0.5) is 18.9 Å². The molecule has 3 rings (SSSR count). The van der Waals surface area contributed by atoms with Gasteiger partial charge in [0.05, 0.1) is 10.5 Å². The van der Waals surface area contributed by atoms with Crippen molar-refractivity contribution in [3.8, 4) is 5.75 Å². The number of nitrogens with zero attached hydrogens (tertiary/aromatic N) is 1. The molecule has 1 N–H and O–H groups in total. The maximum Gasteiger partial charge on any atom is 0.416 e. The van der Waals surface area contributed by atoms with Gasteiger partial charge in [-0.15, -0.1) is 0 Å². The third-order valence-electron chi connectivity index (χ3n) is 4.99. The molecule has 1 heterocycles. The Morgan fingerprint density at radius 1 is 1.06 bits per heavy atom. The molecule has 0 bridgehead atoms. The fourth-order valence-corrected chi connectivity index (χ4v) is 4.77. The van der Waals surface area contributed by atoms with Crippen LogP contribution in [-0.2, 0) is 21.0 Å². The van der Waals surface area contributed by atoms with E-state index in [9.17, 15) is 26.4 Å². The lowest BCUT2D eigenvalue weighted by molar-refractivity contribution is -0.137. The monoisotopic (exact) mass is 456 g/mol. The maximum absolute atomic E-state index is 12.9. The zero-order valence-corrected chi connectivity index (χ0v) is 17.7. The lowest BCUT2D eigenvalue weighted by Gasteiger charge is -2.26. The Morgan fingerprint density at radius 3 is 2.32 bits per heavy atom. The lowest BCUT2D eigenvalue weighted by Crippen LogP contribution is -2.35. The summed E-state index contributed by atoms with van der Waals surface area (Å²) in [5.74, 6) is -0.447. The zero-order chi connectivity index (χ0) is 22.6. The highest BCUT2D eigenvalue weighted by molar-refractivity contribution is 7.89. The largest absolute Gasteiger partial charge is 0.484 e. The van der Waals surface area contributed by atoms with E-state index in [1.807, 2.05) is 0 Å². The quantitative estimate of drug-likeness (QED) is 0.707. The Bertz CT molecular complexity index is 1030. The minimum atomic E-state index is -4.45. The van der Waals surface area contributed by atoms with Crippen LogP contribution in [0, 0.1) is 6.92 Å². The van der Waals surface area contributed by atoms with E-state index in [2.05, 4.69) is 5.32 Å². The Balaban J connectivity index is 1.65. The highest BCUT2D eigenvalue weighted by atomic mass is 32.2. The van der Waals surface area contributed by atoms with Crippen molar-refractivity contribution in [1.82, 2.24) is 4.31 Å². The average molecular weight is 456 g/mol. The second-order valence-corrected chi connectivity index (χ2v) is 9.24. The summed E-state index contributed by atoms with van der Waals surface area (Å²) in [5.41, 5.74) is 0.186. The molecule has 0 unspecified atom stereocenters. The highest BCUT2D eigenvalue weighted by Crippen LogP contribution is 2.30. The number of halogens is 3. The number of aryl methyl sites for hydroxylation is 1. The van der Waals surface area contributed by atoms with Crippen LogP contribution >= 0.6 is 0 Å². The standard InChI is InChI=1S/C21H23F3N2O4S/c1-15-5-10-18(31(28,29)26-11-3-2-4-12-26)13-19(15)25-20(27)14-30-17-8-6-16(7-9-17)21(22,23)24/h5-10,13H,2-4,11-12,14H2,1H3,(H,25,27). The van der Waals surface area contributed by atoms with Crippen molar-refractivity contribution in [3.63, 3.8) is 0 Å². The summed E-state index contributed by atoms with van der Waals surface area (Å²) in [4.78, 5) is 12.3. The van der Waals surface area contributed by atoms with E-state index in [4.69, 9.17) is 4.74 Å². The van der Waals surface area contributed by atoms with Crippen LogP contribution in [0.25, 0.3) is 0 Å². The number of rotatable bonds is 6. The summed E-state index contributed by atoms with van der Waals surface area (Å²) < 4.78 is 70.2. The number of piperidine rings is 1. The Kier molecular flexibility index (Phi) is 6.90. The van der Waals surface area contributed by atoms with Gasteiger partial charge >= 0.3 is 6.18 Å². The summed E-state index contributed by atoms with van der Waals surface area (Å²) in [5, 5.41) is 2.60. The molecule has 1 amide bonds. The molecule has 10 heteroatoms. The lowest BCUT2D eigenvalue weighted by atomic mass is 10.2. The highest BCUT2D eigenvalue weighted by Gasteiger charge is 2.30. The molecule has 1 aliphatic heterocycles. The summed E-state index contributed by atoms with van der Waals surface area (Å²) >= 11 is 0. The summed E-state index contributed by atoms with van der Waals surface area (Å²) in [6, 6.07) is 8.53. The minimum Gasteiger partial charge on any atom is -0.484 e. The van der Waals surface area contributed by atoms with Gasteiger partial charge in [0.15, 0.2) is 6.61 Å². The number of carbonyl (C=O) groups excluding carboxylic acids is 1. The van der Waals surface area contributed by atoms with Gasteiger partial charge in [-0.05, 0) is 61.7 Å². The van der Waals surface area contributed by atoms with Crippen LogP contribution in [0.5, 0.6) is 5.75 Å². The minimum absolute atomic E-state index is 0.0963. The van der Waals surface area contributed by atoms with Gasteiger partial charge in [-0.2, -0.15) is 17.5 Å². The van der Waals surface area contributed by atoms with Crippen molar-refractivity contribution in [2.24, 2.45) is 0 Å². The van der Waals surface area contributed by atoms with Crippen molar-refractivity contribution >= 4 is 21.6 Å². The van der Waals surface area contributed by atoms with Crippen molar-refractivity contribution in [2.45, 2.75) is 37.3 Å². The third-order valence-corrected chi connectivity index (χ3v) is 6.88. The van der Waals surface area contributed by atoms with E-state index in [0.717, 1.165) is 43.5 Å². The van der Waals surface area contributed by atoms with E-state index in [1.54, 1.807) is 13.0 Å². The Morgan fingerprint density at radius 2 is 1.71 bits per heavy atom. The van der Waals surface area contributed by atoms with E-state index in [-0.39, 0.29) is 10.6 Å². The van der Waals surface area contributed by atoms with E-state index < -0.39 is 34.3 Å². The molecule has 0 spiro atoms. The van der Waals surface area contributed by atoms with Gasteiger partial charge < -0.3 is 10.1 Å². The number of hydrogen-bond acceptors (Lipinski definition) is 4. The molecule has 2 aromatic carbocycles. The fourth-order valence-electron chi connectivity index (χ4n) is 3.23. The Hall–Kier alpha value is -2.59. The topological polar surface area (TPSA) is 75.7 Å². The molecule has 6 nitrogen and oxygen atoms in total. The van der Waals surface area contributed by atoms with Gasteiger partial charge in [0, 0.05) is 18.8 Å². The number of anilines is 1. The van der Waals surface area contributed by atoms with E-state index in [0.29, 0.717) is 24.3 Å². The molecule has 2 aromatic rings.